The van der Waals surface area contributed by atoms with Crippen molar-refractivity contribution in [3.05, 3.63) is 58.1 Å². The van der Waals surface area contributed by atoms with Gasteiger partial charge in [-0.25, -0.2) is 31.9 Å². The number of nitrogens with zero attached hydrogens (tertiary/aromatic N) is 4. The van der Waals surface area contributed by atoms with Crippen molar-refractivity contribution in [2.45, 2.75) is 50.2 Å². The second-order valence-corrected chi connectivity index (χ2v) is 13.3. The van der Waals surface area contributed by atoms with Crippen LogP contribution in [0.2, 0.25) is 0 Å². The first-order valence-electron chi connectivity index (χ1n) is 16.0. The van der Waals surface area contributed by atoms with Crippen molar-refractivity contribution < 1.29 is 49.8 Å². The minimum Gasteiger partial charge on any atom is -0.450 e. The van der Waals surface area contributed by atoms with Gasteiger partial charge in [-0.2, -0.15) is 18.2 Å². The first-order chi connectivity index (χ1) is 24.0. The second-order valence-electron chi connectivity index (χ2n) is 13.3. The number of benzene rings is 2. The molecule has 0 saturated carbocycles. The number of anilines is 1. The van der Waals surface area contributed by atoms with Crippen LogP contribution >= 0.6 is 0 Å². The van der Waals surface area contributed by atoms with Crippen molar-refractivity contribution in [2.75, 3.05) is 37.7 Å². The Hall–Kier alpha value is -5.16. The molecular formula is C33H29F7N6O5. The minimum atomic E-state index is -4.51. The Balaban J connectivity index is 1.40. The second kappa shape index (κ2) is 12.3. The third kappa shape index (κ3) is 6.58. The standard InChI is InChI=1S/C33H29F7N6O5/c1-31-13-32(36,37)15-46(14-31)27-21-11-41-25(24(35)26(21)42-28(47)43-27)20-10-18(51-30(49)45-7-6-17(12-45)33(38,39)40)9-16-4-5-22(34)19(23(16)20)3-2-8-50-29(48)44-31/h4-5,9-11,17H,2-3,6-8,12-15H2,1H3,(H,44,48)(H,42,43,47)/t17-,31+/m0/s1. The molecule has 0 aliphatic carbocycles. The van der Waals surface area contributed by atoms with Crippen molar-refractivity contribution in [1.82, 2.24) is 25.2 Å². The summed E-state index contributed by atoms with van der Waals surface area (Å²) in [5.41, 5.74) is -3.66. The predicted octanol–water partition coefficient (Wildman–Crippen LogP) is 6.08. The van der Waals surface area contributed by atoms with Crippen LogP contribution < -0.4 is 20.6 Å². The van der Waals surface area contributed by atoms with E-state index in [1.165, 1.54) is 25.1 Å². The number of H-pyrrole nitrogens is 1. The number of rotatable bonds is 1. The molecule has 2 atom stereocenters. The van der Waals surface area contributed by atoms with Crippen LogP contribution in [0, 0.1) is 17.6 Å². The van der Waals surface area contributed by atoms with E-state index in [-0.39, 0.29) is 77.8 Å². The van der Waals surface area contributed by atoms with Crippen LogP contribution in [-0.2, 0) is 11.2 Å². The van der Waals surface area contributed by atoms with E-state index in [4.69, 9.17) is 9.47 Å². The number of fused-ring (bicyclic) bond motifs is 6. The quantitative estimate of drug-likeness (QED) is 0.227. The third-order valence-electron chi connectivity index (χ3n) is 9.33. The molecule has 18 heteroatoms. The molecule has 6 heterocycles. The summed E-state index contributed by atoms with van der Waals surface area (Å²) in [6.07, 6.45) is -6.63. The molecule has 0 unspecified atom stereocenters. The van der Waals surface area contributed by atoms with E-state index in [9.17, 15) is 27.6 Å². The number of amides is 2. The smallest absolute Gasteiger partial charge is 0.415 e. The van der Waals surface area contributed by atoms with E-state index in [0.717, 1.165) is 22.1 Å². The molecule has 51 heavy (non-hydrogen) atoms. The number of carbonyl (C=O) groups is 2. The highest BCUT2D eigenvalue weighted by atomic mass is 19.4. The predicted molar refractivity (Wildman–Crippen MR) is 168 cm³/mol. The summed E-state index contributed by atoms with van der Waals surface area (Å²) in [7, 11) is 0. The molecule has 2 N–H and O–H groups in total. The van der Waals surface area contributed by atoms with Gasteiger partial charge in [0.25, 0.3) is 5.92 Å². The number of likely N-dealkylation sites (tertiary alicyclic amines) is 1. The number of ether oxygens (including phenoxy) is 2. The number of alkyl halides is 5. The maximum Gasteiger partial charge on any atom is 0.415 e. The Morgan fingerprint density at radius 1 is 1.14 bits per heavy atom. The van der Waals surface area contributed by atoms with Crippen LogP contribution in [0.3, 0.4) is 0 Å². The SMILES string of the molecule is C[C@]12CN(CC(F)(F)C1)c1nc(=O)[nH]c3c(F)c(ncc13)-c1cc(OC(=O)N3CC[C@H](C(F)(F)F)C3)cc3ccc(F)c(c13)CCCOC(=O)N2. The highest BCUT2D eigenvalue weighted by Crippen LogP contribution is 2.41. The van der Waals surface area contributed by atoms with E-state index >= 15 is 17.6 Å². The van der Waals surface area contributed by atoms with Crippen molar-refractivity contribution in [3.63, 3.8) is 0 Å². The molecule has 2 aromatic carbocycles. The summed E-state index contributed by atoms with van der Waals surface area (Å²) < 4.78 is 113. The van der Waals surface area contributed by atoms with Gasteiger partial charge in [-0.05, 0) is 60.7 Å². The number of nitrogens with one attached hydrogen (secondary N) is 2. The summed E-state index contributed by atoms with van der Waals surface area (Å²) in [6.45, 7) is -0.914. The van der Waals surface area contributed by atoms with Gasteiger partial charge in [0.1, 0.15) is 23.1 Å². The molecule has 2 saturated heterocycles. The third-order valence-corrected chi connectivity index (χ3v) is 9.33. The summed E-state index contributed by atoms with van der Waals surface area (Å²) >= 11 is 0. The van der Waals surface area contributed by atoms with Gasteiger partial charge in [0, 0.05) is 37.8 Å². The molecule has 2 fully saturated rings. The number of aromatic nitrogens is 3. The maximum absolute atomic E-state index is 16.7. The summed E-state index contributed by atoms with van der Waals surface area (Å²) in [4.78, 5) is 50.9. The van der Waals surface area contributed by atoms with E-state index in [1.807, 2.05) is 0 Å². The number of pyridine rings is 1. The Morgan fingerprint density at radius 3 is 2.67 bits per heavy atom. The number of piperidine rings is 1. The summed E-state index contributed by atoms with van der Waals surface area (Å²) in [6, 6.07) is 4.95. The Morgan fingerprint density at radius 2 is 1.92 bits per heavy atom. The average Bonchev–Trinajstić information content (AvgIpc) is 3.54. The molecule has 11 nitrogen and oxygen atoms in total. The maximum atomic E-state index is 16.7. The lowest BCUT2D eigenvalue weighted by atomic mass is 9.88. The summed E-state index contributed by atoms with van der Waals surface area (Å²) in [5.74, 6) is -7.54. The molecule has 270 valence electrons. The van der Waals surface area contributed by atoms with Crippen molar-refractivity contribution in [3.8, 4) is 17.0 Å². The van der Waals surface area contributed by atoms with Gasteiger partial charge in [0.2, 0.25) is 0 Å². The van der Waals surface area contributed by atoms with Gasteiger partial charge in [-0.1, -0.05) is 6.07 Å². The molecular weight excluding hydrogens is 693 g/mol. The normalized spacial score (nSPS) is 22.3. The fourth-order valence-electron chi connectivity index (χ4n) is 7.20. The first kappa shape index (κ1) is 34.3. The Labute approximate surface area is 283 Å². The van der Waals surface area contributed by atoms with Crippen molar-refractivity contribution in [1.29, 1.82) is 0 Å². The molecule has 0 radical (unpaired) electrons. The molecule has 2 amide bonds. The number of aryl methyl sites for hydroxylation is 1. The van der Waals surface area contributed by atoms with E-state index in [2.05, 4.69) is 20.3 Å². The topological polar surface area (TPSA) is 130 Å². The van der Waals surface area contributed by atoms with Crippen molar-refractivity contribution in [2.24, 2.45) is 5.92 Å². The van der Waals surface area contributed by atoms with Crippen LogP contribution in [0.4, 0.5) is 46.1 Å². The molecule has 4 aromatic rings. The number of alkyl carbamates (subject to hydrolysis) is 1. The highest BCUT2D eigenvalue weighted by Gasteiger charge is 2.49. The monoisotopic (exact) mass is 722 g/mol. The number of halogens is 7. The average molecular weight is 723 g/mol. The number of hydrogen-bond donors (Lipinski definition) is 2. The van der Waals surface area contributed by atoms with E-state index < -0.39 is 83.8 Å². The van der Waals surface area contributed by atoms with E-state index in [0.29, 0.717) is 0 Å². The van der Waals surface area contributed by atoms with Gasteiger partial charge in [0.05, 0.1) is 35.5 Å². The van der Waals surface area contributed by atoms with Gasteiger partial charge >= 0.3 is 24.1 Å². The van der Waals surface area contributed by atoms with Crippen LogP contribution in [0.15, 0.2) is 35.3 Å². The molecule has 4 aliphatic rings. The van der Waals surface area contributed by atoms with Gasteiger partial charge < -0.3 is 29.6 Å². The van der Waals surface area contributed by atoms with Gasteiger partial charge in [0.15, 0.2) is 5.82 Å². The number of aromatic amines is 1. The van der Waals surface area contributed by atoms with Crippen molar-refractivity contribution >= 4 is 39.7 Å². The van der Waals surface area contributed by atoms with Crippen LogP contribution in [0.1, 0.15) is 31.7 Å². The zero-order valence-electron chi connectivity index (χ0n) is 26.8. The largest absolute Gasteiger partial charge is 0.450 e. The first-order valence-corrected chi connectivity index (χ1v) is 16.0. The number of carbonyl (C=O) groups excluding carboxylic acids is 2. The fraction of sp³-hybridized carbons (Fsp3) is 0.424. The zero-order chi connectivity index (χ0) is 36.5. The fourth-order valence-corrected chi connectivity index (χ4v) is 7.20. The van der Waals surface area contributed by atoms with Crippen LogP contribution in [0.25, 0.3) is 32.9 Å². The molecule has 0 spiro atoms. The minimum absolute atomic E-state index is 0.0417. The van der Waals surface area contributed by atoms with Crippen LogP contribution in [0.5, 0.6) is 5.75 Å². The van der Waals surface area contributed by atoms with Gasteiger partial charge in [-0.3, -0.25) is 4.98 Å². The lowest BCUT2D eigenvalue weighted by molar-refractivity contribution is -0.170. The lowest BCUT2D eigenvalue weighted by Gasteiger charge is -2.44. The molecule has 2 aromatic heterocycles. The molecule has 8 rings (SSSR count). The zero-order valence-corrected chi connectivity index (χ0v) is 26.8. The van der Waals surface area contributed by atoms with Crippen LogP contribution in [-0.4, -0.2) is 82.5 Å². The van der Waals surface area contributed by atoms with E-state index in [1.54, 1.807) is 0 Å². The highest BCUT2D eigenvalue weighted by molar-refractivity contribution is 6.02. The van der Waals surface area contributed by atoms with Gasteiger partial charge in [-0.15, -0.1) is 0 Å². The Bertz CT molecular complexity index is 2140. The number of hydrogen-bond acceptors (Lipinski definition) is 8. The molecule has 6 bridgehead atoms. The lowest BCUT2D eigenvalue weighted by Crippen LogP contribution is -2.63. The Kier molecular flexibility index (Phi) is 8.24. The summed E-state index contributed by atoms with van der Waals surface area (Å²) in [5, 5.41) is 2.66. The molecule has 4 aliphatic heterocycles.